The highest BCUT2D eigenvalue weighted by molar-refractivity contribution is 9.11. The van der Waals surface area contributed by atoms with Gasteiger partial charge in [-0.25, -0.2) is 0 Å². The Hall–Kier alpha value is -4.76. The molecule has 0 saturated heterocycles. The maximum absolute atomic E-state index is 3.72. The Balaban J connectivity index is 0.000000129. The highest BCUT2D eigenvalue weighted by atomic mass is 79.9. The summed E-state index contributed by atoms with van der Waals surface area (Å²) in [5, 5.41) is 8.55. The van der Waals surface area contributed by atoms with Crippen LogP contribution in [0, 0.1) is 0 Å². The van der Waals surface area contributed by atoms with Crippen LogP contribution in [0.2, 0.25) is 0 Å². The van der Waals surface area contributed by atoms with Crippen molar-refractivity contribution in [2.24, 2.45) is 0 Å². The van der Waals surface area contributed by atoms with Crippen LogP contribution in [0.1, 0.15) is 0 Å². The van der Waals surface area contributed by atoms with E-state index in [1.807, 2.05) is 83.3 Å². The Morgan fingerprint density at radius 1 is 0.327 bits per heavy atom. The van der Waals surface area contributed by atoms with Crippen molar-refractivity contribution in [3.8, 4) is 0 Å². The molecule has 10 rings (SSSR count). The van der Waals surface area contributed by atoms with Crippen molar-refractivity contribution in [2.45, 2.75) is 0 Å². The molecule has 2 nitrogen and oxygen atoms in total. The number of benzene rings is 8. The van der Waals surface area contributed by atoms with Crippen LogP contribution in [0.15, 0.2) is 208 Å². The minimum Gasteiger partial charge on any atom is -0.356 e. The highest BCUT2D eigenvalue weighted by Gasteiger charge is 2.18. The van der Waals surface area contributed by atoms with Gasteiger partial charge < -0.3 is 10.2 Å². The van der Waals surface area contributed by atoms with Crippen molar-refractivity contribution >= 4 is 139 Å². The minimum absolute atomic E-state index is 1.12. The largest absolute Gasteiger partial charge is 0.356 e. The lowest BCUT2D eigenvalue weighted by atomic mass is 10.1. The second kappa shape index (κ2) is 17.4. The van der Waals surface area contributed by atoms with Gasteiger partial charge in [0.05, 0.1) is 10.4 Å². The second-order valence-corrected chi connectivity index (χ2v) is 17.2. The quantitative estimate of drug-likeness (QED) is 0.185. The SMILES string of the molecule is Brc1cccc2c1sc1c(Br)cccc12.Brc1cccc2c1sc1c(N(c3ccccc3)c3ccccc3)cccc12.c1ccc(Nc2ccccc2)cc1. The van der Waals surface area contributed by atoms with Crippen LogP contribution in [0.5, 0.6) is 0 Å². The molecule has 0 saturated carbocycles. The van der Waals surface area contributed by atoms with Crippen LogP contribution in [-0.4, -0.2) is 0 Å². The molecule has 0 unspecified atom stereocenters. The third-order valence-electron chi connectivity index (χ3n) is 8.99. The molecular formula is C48H33Br3N2S2. The number of fused-ring (bicyclic) bond motifs is 6. The Labute approximate surface area is 354 Å². The monoisotopic (exact) mass is 938 g/mol. The molecule has 0 fully saturated rings. The molecule has 8 aromatic carbocycles. The first-order valence-corrected chi connectivity index (χ1v) is 21.7. The summed E-state index contributed by atoms with van der Waals surface area (Å²) in [5.74, 6) is 0. The maximum atomic E-state index is 3.72. The smallest absolute Gasteiger partial charge is 0.0640 e. The topological polar surface area (TPSA) is 15.3 Å². The molecule has 268 valence electrons. The van der Waals surface area contributed by atoms with E-state index in [4.69, 9.17) is 0 Å². The summed E-state index contributed by atoms with van der Waals surface area (Å²) in [7, 11) is 0. The number of thiophene rings is 2. The Morgan fingerprint density at radius 2 is 0.655 bits per heavy atom. The standard InChI is InChI=1S/C24H16BrNS.C12H6Br2S.C12H11N/c25-21-15-7-13-19-20-14-8-16-22(24(20)27-23(19)21)26(17-9-3-1-4-10-17)18-11-5-2-6-12-18;13-9-5-1-3-7-8-4-2-6-10(14)12(8)15-11(7)9;1-3-7-11(8-4-1)13-12-9-5-2-6-10-12/h1-16H;1-6H;1-10,13H. The zero-order valence-corrected chi connectivity index (χ0v) is 35.8. The molecule has 55 heavy (non-hydrogen) atoms. The molecule has 0 amide bonds. The number of rotatable bonds is 5. The third-order valence-corrected chi connectivity index (χ3v) is 14.3. The molecule has 7 heteroatoms. The summed E-state index contributed by atoms with van der Waals surface area (Å²) in [5.41, 5.74) is 5.76. The first-order valence-electron chi connectivity index (χ1n) is 17.7. The predicted molar refractivity (Wildman–Crippen MR) is 253 cm³/mol. The molecule has 0 bridgehead atoms. The van der Waals surface area contributed by atoms with Gasteiger partial charge in [0.15, 0.2) is 0 Å². The Bertz CT molecular complexity index is 2690. The fourth-order valence-electron chi connectivity index (χ4n) is 6.49. The summed E-state index contributed by atoms with van der Waals surface area (Å²) in [6.07, 6.45) is 0. The third kappa shape index (κ3) is 8.27. The van der Waals surface area contributed by atoms with Gasteiger partial charge in [-0.05, 0) is 121 Å². The number of hydrogen-bond donors (Lipinski definition) is 1. The Kier molecular flexibility index (Phi) is 11.7. The van der Waals surface area contributed by atoms with Gasteiger partial charge >= 0.3 is 0 Å². The highest BCUT2D eigenvalue weighted by Crippen LogP contribution is 2.46. The van der Waals surface area contributed by atoms with Crippen molar-refractivity contribution < 1.29 is 0 Å². The number of halogens is 3. The van der Waals surface area contributed by atoms with Crippen molar-refractivity contribution in [1.82, 2.24) is 0 Å². The lowest BCUT2D eigenvalue weighted by Gasteiger charge is -2.25. The van der Waals surface area contributed by atoms with Crippen LogP contribution in [0.4, 0.5) is 28.4 Å². The van der Waals surface area contributed by atoms with Gasteiger partial charge in [0.1, 0.15) is 0 Å². The molecule has 10 aromatic rings. The lowest BCUT2D eigenvalue weighted by molar-refractivity contribution is 1.30. The number of para-hydroxylation sites is 4. The minimum atomic E-state index is 1.12. The molecule has 0 aliphatic heterocycles. The van der Waals surface area contributed by atoms with E-state index in [-0.39, 0.29) is 0 Å². The van der Waals surface area contributed by atoms with Gasteiger partial charge in [0.2, 0.25) is 0 Å². The fraction of sp³-hybridized carbons (Fsp3) is 0. The summed E-state index contributed by atoms with van der Waals surface area (Å²) in [4.78, 5) is 2.34. The van der Waals surface area contributed by atoms with Gasteiger partial charge in [-0.2, -0.15) is 0 Å². The molecule has 1 N–H and O–H groups in total. The van der Waals surface area contributed by atoms with Gasteiger partial charge in [0, 0.05) is 71.8 Å². The van der Waals surface area contributed by atoms with Gasteiger partial charge in [-0.15, -0.1) is 22.7 Å². The van der Waals surface area contributed by atoms with Crippen LogP contribution < -0.4 is 10.2 Å². The van der Waals surface area contributed by atoms with E-state index >= 15 is 0 Å². The van der Waals surface area contributed by atoms with Crippen LogP contribution in [-0.2, 0) is 0 Å². The maximum Gasteiger partial charge on any atom is 0.0640 e. The number of nitrogens with one attached hydrogen (secondary N) is 1. The average Bonchev–Trinajstić information content (AvgIpc) is 3.82. The first-order chi connectivity index (χ1) is 27.0. The summed E-state index contributed by atoms with van der Waals surface area (Å²) >= 11 is 14.6. The molecule has 2 aromatic heterocycles. The van der Waals surface area contributed by atoms with E-state index < -0.39 is 0 Å². The lowest BCUT2D eigenvalue weighted by Crippen LogP contribution is -2.09. The van der Waals surface area contributed by atoms with Crippen molar-refractivity contribution in [3.63, 3.8) is 0 Å². The van der Waals surface area contributed by atoms with Crippen molar-refractivity contribution in [1.29, 1.82) is 0 Å². The van der Waals surface area contributed by atoms with E-state index in [1.165, 1.54) is 55.0 Å². The van der Waals surface area contributed by atoms with Crippen molar-refractivity contribution in [2.75, 3.05) is 10.2 Å². The zero-order chi connectivity index (χ0) is 37.6. The summed E-state index contributed by atoms with van der Waals surface area (Å²) in [6, 6.07) is 67.1. The van der Waals surface area contributed by atoms with E-state index in [0.717, 1.165) is 27.2 Å². The average molecular weight is 942 g/mol. The van der Waals surface area contributed by atoms with E-state index in [0.29, 0.717) is 0 Å². The van der Waals surface area contributed by atoms with E-state index in [1.54, 1.807) is 0 Å². The number of anilines is 5. The normalized spacial score (nSPS) is 10.8. The number of nitrogens with zero attached hydrogens (tertiary/aromatic N) is 1. The van der Waals surface area contributed by atoms with Crippen molar-refractivity contribution in [3.05, 3.63) is 208 Å². The molecule has 0 radical (unpaired) electrons. The molecule has 2 heterocycles. The van der Waals surface area contributed by atoms with Crippen LogP contribution in [0.3, 0.4) is 0 Å². The predicted octanol–water partition coefficient (Wildman–Crippen LogP) is 17.3. The van der Waals surface area contributed by atoms with Crippen LogP contribution in [0.25, 0.3) is 40.3 Å². The molecule has 0 aliphatic carbocycles. The molecule has 0 atom stereocenters. The van der Waals surface area contributed by atoms with E-state index in [2.05, 4.69) is 191 Å². The molecule has 0 aliphatic rings. The summed E-state index contributed by atoms with van der Waals surface area (Å²) in [6.45, 7) is 0. The Morgan fingerprint density at radius 3 is 1.05 bits per heavy atom. The first kappa shape index (κ1) is 37.2. The van der Waals surface area contributed by atoms with Gasteiger partial charge in [0.25, 0.3) is 0 Å². The zero-order valence-electron chi connectivity index (χ0n) is 29.4. The van der Waals surface area contributed by atoms with Gasteiger partial charge in [-0.1, -0.05) is 121 Å². The van der Waals surface area contributed by atoms with E-state index in [9.17, 15) is 0 Å². The van der Waals surface area contributed by atoms with Gasteiger partial charge in [-0.3, -0.25) is 0 Å². The fourth-order valence-corrected chi connectivity index (χ4v) is 10.6. The van der Waals surface area contributed by atoms with Crippen LogP contribution >= 0.6 is 70.5 Å². The molecule has 0 spiro atoms. The number of hydrogen-bond acceptors (Lipinski definition) is 4. The second-order valence-electron chi connectivity index (χ2n) is 12.6. The summed E-state index contributed by atoms with van der Waals surface area (Å²) < 4.78 is 8.73. The molecular weight excluding hydrogens is 908 g/mol.